The highest BCUT2D eigenvalue weighted by Crippen LogP contribution is 2.26. The van der Waals surface area contributed by atoms with Gasteiger partial charge in [0.15, 0.2) is 0 Å². The lowest BCUT2D eigenvalue weighted by Crippen LogP contribution is -1.91. The fourth-order valence-electron chi connectivity index (χ4n) is 1.96. The first-order chi connectivity index (χ1) is 8.25. The quantitative estimate of drug-likeness (QED) is 0.620. The molecule has 2 aromatic carbocycles. The maximum atomic E-state index is 12.9. The minimum absolute atomic E-state index is 0.216. The van der Waals surface area contributed by atoms with Gasteiger partial charge in [-0.05, 0) is 42.5 Å². The van der Waals surface area contributed by atoms with Crippen LogP contribution in [-0.2, 0) is 0 Å². The van der Waals surface area contributed by atoms with Gasteiger partial charge in [0.2, 0.25) is 0 Å². The molecule has 0 unspecified atom stereocenters. The molecular weight excluding hydrogens is 281 g/mol. The Hall–Kier alpha value is -1.61. The third-order valence-corrected chi connectivity index (χ3v) is 3.48. The second-order valence-corrected chi connectivity index (χ2v) is 4.69. The third-order valence-electron chi connectivity index (χ3n) is 2.78. The lowest BCUT2D eigenvalue weighted by molar-refractivity contribution is 0.627. The number of halogens is 2. The molecule has 1 aromatic heterocycles. The third kappa shape index (κ3) is 1.76. The Balaban J connectivity index is 2.24. The second-order valence-electron chi connectivity index (χ2n) is 3.83. The van der Waals surface area contributed by atoms with Gasteiger partial charge in [0.25, 0.3) is 0 Å². The van der Waals surface area contributed by atoms with Crippen molar-refractivity contribution in [3.63, 3.8) is 0 Å². The Kier molecular flexibility index (Phi) is 2.48. The van der Waals surface area contributed by atoms with Crippen molar-refractivity contribution in [1.29, 1.82) is 0 Å². The molecule has 0 spiro atoms. The van der Waals surface area contributed by atoms with Crippen LogP contribution in [0.2, 0.25) is 0 Å². The molecule has 17 heavy (non-hydrogen) atoms. The van der Waals surface area contributed by atoms with Gasteiger partial charge in [-0.15, -0.1) is 0 Å². The van der Waals surface area contributed by atoms with E-state index in [9.17, 15) is 4.39 Å². The summed E-state index contributed by atoms with van der Waals surface area (Å²) in [6, 6.07) is 14.6. The van der Waals surface area contributed by atoms with Crippen molar-refractivity contribution in [2.75, 3.05) is 0 Å². The molecule has 0 bridgehead atoms. The molecule has 0 aliphatic carbocycles. The molecule has 0 atom stereocenters. The SMILES string of the molecule is Fc1ccc(-n2ccc3c(Br)cccc32)cc1. The summed E-state index contributed by atoms with van der Waals surface area (Å²) in [4.78, 5) is 0. The fraction of sp³-hybridized carbons (Fsp3) is 0. The molecular formula is C14H9BrFN. The lowest BCUT2D eigenvalue weighted by Gasteiger charge is -2.05. The zero-order valence-electron chi connectivity index (χ0n) is 8.90. The van der Waals surface area contributed by atoms with Crippen molar-refractivity contribution in [2.24, 2.45) is 0 Å². The van der Waals surface area contributed by atoms with E-state index in [-0.39, 0.29) is 5.82 Å². The predicted molar refractivity (Wildman–Crippen MR) is 70.9 cm³/mol. The first kappa shape index (κ1) is 10.5. The first-order valence-electron chi connectivity index (χ1n) is 5.27. The molecule has 3 rings (SSSR count). The van der Waals surface area contributed by atoms with E-state index in [1.807, 2.05) is 35.0 Å². The van der Waals surface area contributed by atoms with E-state index >= 15 is 0 Å². The Morgan fingerprint density at radius 2 is 1.71 bits per heavy atom. The molecule has 3 aromatic rings. The number of hydrogen-bond donors (Lipinski definition) is 0. The normalized spacial score (nSPS) is 10.9. The summed E-state index contributed by atoms with van der Waals surface area (Å²) >= 11 is 3.52. The largest absolute Gasteiger partial charge is 0.317 e. The number of aromatic nitrogens is 1. The van der Waals surface area contributed by atoms with Gasteiger partial charge in [-0.3, -0.25) is 0 Å². The molecule has 0 saturated heterocycles. The summed E-state index contributed by atoms with van der Waals surface area (Å²) in [5.74, 6) is -0.216. The molecule has 0 amide bonds. The van der Waals surface area contributed by atoms with Crippen LogP contribution in [0.4, 0.5) is 4.39 Å². The van der Waals surface area contributed by atoms with Crippen molar-refractivity contribution in [2.45, 2.75) is 0 Å². The van der Waals surface area contributed by atoms with Gasteiger partial charge in [0.1, 0.15) is 5.82 Å². The van der Waals surface area contributed by atoms with Gasteiger partial charge in [0, 0.05) is 21.7 Å². The van der Waals surface area contributed by atoms with Crippen LogP contribution >= 0.6 is 15.9 Å². The first-order valence-corrected chi connectivity index (χ1v) is 6.06. The minimum Gasteiger partial charge on any atom is -0.317 e. The number of nitrogens with zero attached hydrogens (tertiary/aromatic N) is 1. The van der Waals surface area contributed by atoms with Gasteiger partial charge in [-0.1, -0.05) is 22.0 Å². The maximum Gasteiger partial charge on any atom is 0.123 e. The molecule has 0 radical (unpaired) electrons. The Labute approximate surface area is 107 Å². The molecule has 1 heterocycles. The van der Waals surface area contributed by atoms with E-state index in [2.05, 4.69) is 15.9 Å². The van der Waals surface area contributed by atoms with E-state index in [0.29, 0.717) is 0 Å². The van der Waals surface area contributed by atoms with E-state index in [4.69, 9.17) is 0 Å². The summed E-state index contributed by atoms with van der Waals surface area (Å²) in [5.41, 5.74) is 2.06. The van der Waals surface area contributed by atoms with Crippen LogP contribution in [0.25, 0.3) is 16.6 Å². The highest BCUT2D eigenvalue weighted by molar-refractivity contribution is 9.10. The molecule has 3 heteroatoms. The average Bonchev–Trinajstić information content (AvgIpc) is 2.75. The number of fused-ring (bicyclic) bond motifs is 1. The summed E-state index contributed by atoms with van der Waals surface area (Å²) in [7, 11) is 0. The van der Waals surface area contributed by atoms with Crippen LogP contribution in [0, 0.1) is 5.82 Å². The van der Waals surface area contributed by atoms with Gasteiger partial charge in [0.05, 0.1) is 5.52 Å². The van der Waals surface area contributed by atoms with Crippen molar-refractivity contribution in [1.82, 2.24) is 4.57 Å². The Bertz CT molecular complexity index is 670. The van der Waals surface area contributed by atoms with Crippen molar-refractivity contribution >= 4 is 26.8 Å². The van der Waals surface area contributed by atoms with Crippen LogP contribution in [0.1, 0.15) is 0 Å². The Morgan fingerprint density at radius 1 is 0.941 bits per heavy atom. The number of hydrogen-bond acceptors (Lipinski definition) is 0. The molecule has 0 aliphatic rings. The van der Waals surface area contributed by atoms with Crippen molar-refractivity contribution in [3.8, 4) is 5.69 Å². The van der Waals surface area contributed by atoms with Gasteiger partial charge in [-0.2, -0.15) is 0 Å². The summed E-state index contributed by atoms with van der Waals surface area (Å²) in [6.07, 6.45) is 1.99. The van der Waals surface area contributed by atoms with Gasteiger partial charge in [-0.25, -0.2) is 4.39 Å². The van der Waals surface area contributed by atoms with Crippen LogP contribution in [0.3, 0.4) is 0 Å². The second kappa shape index (κ2) is 4.00. The molecule has 84 valence electrons. The van der Waals surface area contributed by atoms with E-state index in [1.165, 1.54) is 12.1 Å². The maximum absolute atomic E-state index is 12.9. The highest BCUT2D eigenvalue weighted by atomic mass is 79.9. The van der Waals surface area contributed by atoms with Gasteiger partial charge < -0.3 is 4.57 Å². The van der Waals surface area contributed by atoms with Crippen LogP contribution < -0.4 is 0 Å². The average molecular weight is 290 g/mol. The van der Waals surface area contributed by atoms with Crippen molar-refractivity contribution < 1.29 is 4.39 Å². The fourth-order valence-corrected chi connectivity index (χ4v) is 2.44. The summed E-state index contributed by atoms with van der Waals surface area (Å²) < 4.78 is 16.0. The number of rotatable bonds is 1. The molecule has 0 aliphatic heterocycles. The summed E-state index contributed by atoms with van der Waals surface area (Å²) in [5, 5.41) is 1.15. The van der Waals surface area contributed by atoms with Crippen molar-refractivity contribution in [3.05, 3.63) is 65.0 Å². The lowest BCUT2D eigenvalue weighted by atomic mass is 10.2. The smallest absolute Gasteiger partial charge is 0.123 e. The van der Waals surface area contributed by atoms with Crippen LogP contribution in [0.5, 0.6) is 0 Å². The summed E-state index contributed by atoms with van der Waals surface area (Å²) in [6.45, 7) is 0. The number of benzene rings is 2. The predicted octanol–water partition coefficient (Wildman–Crippen LogP) is 4.53. The van der Waals surface area contributed by atoms with E-state index < -0.39 is 0 Å². The van der Waals surface area contributed by atoms with Gasteiger partial charge >= 0.3 is 0 Å². The topological polar surface area (TPSA) is 4.93 Å². The monoisotopic (exact) mass is 289 g/mol. The zero-order valence-corrected chi connectivity index (χ0v) is 10.5. The molecule has 0 saturated carbocycles. The van der Waals surface area contributed by atoms with Crippen LogP contribution in [-0.4, -0.2) is 4.57 Å². The Morgan fingerprint density at radius 3 is 2.47 bits per heavy atom. The minimum atomic E-state index is -0.216. The zero-order chi connectivity index (χ0) is 11.8. The molecule has 0 N–H and O–H groups in total. The standard InChI is InChI=1S/C14H9BrFN/c15-13-2-1-3-14-12(13)8-9-17(14)11-6-4-10(16)5-7-11/h1-9H. The van der Waals surface area contributed by atoms with Crippen LogP contribution in [0.15, 0.2) is 59.2 Å². The highest BCUT2D eigenvalue weighted by Gasteiger charge is 2.05. The van der Waals surface area contributed by atoms with E-state index in [1.54, 1.807) is 12.1 Å². The molecule has 1 nitrogen and oxygen atoms in total. The molecule has 0 fully saturated rings. The van der Waals surface area contributed by atoms with E-state index in [0.717, 1.165) is 21.1 Å².